The SMILES string of the molecule is CCN(CC)C(=O)Oc1ccc2c(ccn2Cc2cccc(F)c2)c1NC(=O)c1ccc(OC)c(OC)c1. The molecule has 0 aliphatic rings. The van der Waals surface area contributed by atoms with E-state index in [1.807, 2.05) is 42.8 Å². The number of ether oxygens (including phenoxy) is 3. The Bertz CT molecular complexity index is 1460. The highest BCUT2D eigenvalue weighted by atomic mass is 19.1. The molecule has 0 fully saturated rings. The lowest BCUT2D eigenvalue weighted by Gasteiger charge is -2.20. The third kappa shape index (κ3) is 5.56. The summed E-state index contributed by atoms with van der Waals surface area (Å²) in [6, 6.07) is 16.5. The number of nitrogens with zero attached hydrogens (tertiary/aromatic N) is 2. The Morgan fingerprint density at radius 1 is 0.921 bits per heavy atom. The van der Waals surface area contributed by atoms with Crippen molar-refractivity contribution in [2.24, 2.45) is 0 Å². The van der Waals surface area contributed by atoms with Crippen molar-refractivity contribution in [2.45, 2.75) is 20.4 Å². The predicted molar refractivity (Wildman–Crippen MR) is 144 cm³/mol. The van der Waals surface area contributed by atoms with E-state index in [0.717, 1.165) is 11.1 Å². The highest BCUT2D eigenvalue weighted by Crippen LogP contribution is 2.36. The summed E-state index contributed by atoms with van der Waals surface area (Å²) in [4.78, 5) is 27.7. The highest BCUT2D eigenvalue weighted by Gasteiger charge is 2.21. The number of nitrogens with one attached hydrogen (secondary N) is 1. The molecule has 38 heavy (non-hydrogen) atoms. The van der Waals surface area contributed by atoms with E-state index in [2.05, 4.69) is 5.32 Å². The van der Waals surface area contributed by atoms with Gasteiger partial charge in [0.05, 0.1) is 25.4 Å². The molecule has 0 atom stereocenters. The third-order valence-corrected chi connectivity index (χ3v) is 6.26. The molecule has 3 aromatic carbocycles. The Labute approximate surface area is 220 Å². The van der Waals surface area contributed by atoms with E-state index in [1.165, 1.54) is 26.4 Å². The number of carbonyl (C=O) groups excluding carboxylic acids is 2. The Kier molecular flexibility index (Phi) is 8.15. The summed E-state index contributed by atoms with van der Waals surface area (Å²) in [5.74, 6) is 0.387. The van der Waals surface area contributed by atoms with E-state index in [9.17, 15) is 14.0 Å². The van der Waals surface area contributed by atoms with E-state index in [0.29, 0.717) is 47.8 Å². The van der Waals surface area contributed by atoms with Gasteiger partial charge >= 0.3 is 6.09 Å². The van der Waals surface area contributed by atoms with E-state index in [-0.39, 0.29) is 11.6 Å². The summed E-state index contributed by atoms with van der Waals surface area (Å²) in [6.07, 6.45) is 1.33. The van der Waals surface area contributed by atoms with Crippen LogP contribution in [0, 0.1) is 5.82 Å². The van der Waals surface area contributed by atoms with Crippen LogP contribution in [-0.4, -0.2) is 48.8 Å². The lowest BCUT2D eigenvalue weighted by molar-refractivity contribution is 0.102. The molecule has 4 rings (SSSR count). The molecule has 0 radical (unpaired) electrons. The van der Waals surface area contributed by atoms with Crippen molar-refractivity contribution in [3.05, 3.63) is 83.8 Å². The first-order chi connectivity index (χ1) is 18.4. The van der Waals surface area contributed by atoms with Gasteiger partial charge in [-0.3, -0.25) is 4.79 Å². The molecule has 4 aromatic rings. The number of hydrogen-bond donors (Lipinski definition) is 1. The number of anilines is 1. The van der Waals surface area contributed by atoms with Gasteiger partial charge in [0.1, 0.15) is 5.82 Å². The van der Waals surface area contributed by atoms with Crippen LogP contribution in [-0.2, 0) is 6.54 Å². The Hall–Kier alpha value is -4.53. The van der Waals surface area contributed by atoms with Crippen LogP contribution >= 0.6 is 0 Å². The molecule has 8 nitrogen and oxygen atoms in total. The second-order valence-electron chi connectivity index (χ2n) is 8.51. The molecule has 1 heterocycles. The minimum atomic E-state index is -0.518. The third-order valence-electron chi connectivity index (χ3n) is 6.26. The molecule has 0 saturated carbocycles. The maximum atomic E-state index is 13.8. The molecule has 0 unspecified atom stereocenters. The predicted octanol–water partition coefficient (Wildman–Crippen LogP) is 5.94. The van der Waals surface area contributed by atoms with Crippen molar-refractivity contribution in [3.63, 3.8) is 0 Å². The van der Waals surface area contributed by atoms with Gasteiger partial charge in [-0.1, -0.05) is 12.1 Å². The second-order valence-corrected chi connectivity index (χ2v) is 8.51. The van der Waals surface area contributed by atoms with Crippen molar-refractivity contribution < 1.29 is 28.2 Å². The van der Waals surface area contributed by atoms with E-state index in [1.54, 1.807) is 35.2 Å². The molecule has 198 valence electrons. The number of carbonyl (C=O) groups is 2. The average molecular weight is 520 g/mol. The molecule has 1 aromatic heterocycles. The molecular weight excluding hydrogens is 489 g/mol. The number of aromatic nitrogens is 1. The number of rotatable bonds is 9. The summed E-state index contributed by atoms with van der Waals surface area (Å²) in [6.45, 7) is 5.10. The van der Waals surface area contributed by atoms with Gasteiger partial charge in [-0.25, -0.2) is 9.18 Å². The topological polar surface area (TPSA) is 82.0 Å². The van der Waals surface area contributed by atoms with Crippen LogP contribution in [0.3, 0.4) is 0 Å². The number of fused-ring (bicyclic) bond motifs is 1. The fraction of sp³-hybridized carbons (Fsp3) is 0.241. The van der Waals surface area contributed by atoms with Crippen molar-refractivity contribution in [1.82, 2.24) is 9.47 Å². The van der Waals surface area contributed by atoms with E-state index >= 15 is 0 Å². The van der Waals surface area contributed by atoms with Crippen molar-refractivity contribution in [2.75, 3.05) is 32.6 Å². The Morgan fingerprint density at radius 3 is 2.34 bits per heavy atom. The fourth-order valence-corrected chi connectivity index (χ4v) is 4.24. The van der Waals surface area contributed by atoms with Crippen LogP contribution in [0.5, 0.6) is 17.2 Å². The lowest BCUT2D eigenvalue weighted by Crippen LogP contribution is -2.33. The Balaban J connectivity index is 1.74. The molecule has 2 amide bonds. The van der Waals surface area contributed by atoms with Crippen LogP contribution in [0.15, 0.2) is 66.9 Å². The largest absolute Gasteiger partial charge is 0.493 e. The zero-order valence-electron chi connectivity index (χ0n) is 21.8. The van der Waals surface area contributed by atoms with Crippen LogP contribution in [0.25, 0.3) is 10.9 Å². The lowest BCUT2D eigenvalue weighted by atomic mass is 10.1. The van der Waals surface area contributed by atoms with Gasteiger partial charge in [0.2, 0.25) is 0 Å². The van der Waals surface area contributed by atoms with Crippen molar-refractivity contribution >= 4 is 28.6 Å². The van der Waals surface area contributed by atoms with Gasteiger partial charge in [-0.05, 0) is 67.9 Å². The van der Waals surface area contributed by atoms with Gasteiger partial charge in [0.25, 0.3) is 5.91 Å². The van der Waals surface area contributed by atoms with Crippen LogP contribution in [0.1, 0.15) is 29.8 Å². The van der Waals surface area contributed by atoms with Crippen LogP contribution in [0.2, 0.25) is 0 Å². The minimum absolute atomic E-state index is 0.215. The normalized spacial score (nSPS) is 10.8. The smallest absolute Gasteiger partial charge is 0.415 e. The van der Waals surface area contributed by atoms with Crippen LogP contribution < -0.4 is 19.5 Å². The van der Waals surface area contributed by atoms with Gasteiger partial charge in [-0.15, -0.1) is 0 Å². The standard InChI is InChI=1S/C29H30FN3O5/c1-5-32(6-2)29(35)38-25-13-11-23-22(14-15-33(23)18-19-8-7-9-21(30)16-19)27(25)31-28(34)20-10-12-24(36-3)26(17-20)37-4/h7-17H,5-6,18H2,1-4H3,(H,31,34). The first-order valence-corrected chi connectivity index (χ1v) is 12.2. The van der Waals surface area contributed by atoms with Crippen molar-refractivity contribution in [1.29, 1.82) is 0 Å². The zero-order chi connectivity index (χ0) is 27.2. The first-order valence-electron chi connectivity index (χ1n) is 12.2. The average Bonchev–Trinajstić information content (AvgIpc) is 3.32. The summed E-state index contributed by atoms with van der Waals surface area (Å²) in [5, 5.41) is 3.59. The minimum Gasteiger partial charge on any atom is -0.493 e. The quantitative estimate of drug-likeness (QED) is 0.296. The Morgan fingerprint density at radius 2 is 1.66 bits per heavy atom. The molecule has 9 heteroatoms. The number of methoxy groups -OCH3 is 2. The highest BCUT2D eigenvalue weighted by molar-refractivity contribution is 6.11. The number of hydrogen-bond acceptors (Lipinski definition) is 5. The molecule has 0 aliphatic heterocycles. The molecule has 0 bridgehead atoms. The number of benzene rings is 3. The maximum absolute atomic E-state index is 13.8. The molecule has 0 spiro atoms. The summed E-state index contributed by atoms with van der Waals surface area (Å²) in [5.41, 5.74) is 2.25. The van der Waals surface area contributed by atoms with E-state index < -0.39 is 12.0 Å². The van der Waals surface area contributed by atoms with Crippen LogP contribution in [0.4, 0.5) is 14.9 Å². The monoisotopic (exact) mass is 519 g/mol. The summed E-state index contributed by atoms with van der Waals surface area (Å²) >= 11 is 0. The molecule has 0 saturated heterocycles. The van der Waals surface area contributed by atoms with E-state index in [4.69, 9.17) is 14.2 Å². The van der Waals surface area contributed by atoms with Gasteiger partial charge in [0.15, 0.2) is 17.2 Å². The first kappa shape index (κ1) is 26.5. The van der Waals surface area contributed by atoms with Gasteiger partial charge in [-0.2, -0.15) is 0 Å². The van der Waals surface area contributed by atoms with Gasteiger partial charge < -0.3 is 29.0 Å². The number of amides is 2. The summed E-state index contributed by atoms with van der Waals surface area (Å²) in [7, 11) is 3.01. The molecular formula is C29H30FN3O5. The maximum Gasteiger partial charge on any atom is 0.415 e. The zero-order valence-corrected chi connectivity index (χ0v) is 21.8. The van der Waals surface area contributed by atoms with Gasteiger partial charge in [0, 0.05) is 36.8 Å². The van der Waals surface area contributed by atoms with Crippen molar-refractivity contribution in [3.8, 4) is 17.2 Å². The second kappa shape index (κ2) is 11.7. The fourth-order valence-electron chi connectivity index (χ4n) is 4.24. The summed E-state index contributed by atoms with van der Waals surface area (Å²) < 4.78 is 32.0. The molecule has 1 N–H and O–H groups in total. The number of halogens is 1. The molecule has 0 aliphatic carbocycles.